The van der Waals surface area contributed by atoms with Gasteiger partial charge in [-0.1, -0.05) is 26.7 Å². The van der Waals surface area contributed by atoms with Gasteiger partial charge in [-0.05, 0) is 51.6 Å². The molecule has 15 heavy (non-hydrogen) atoms. The van der Waals surface area contributed by atoms with Crippen molar-refractivity contribution in [2.75, 3.05) is 13.1 Å². The van der Waals surface area contributed by atoms with Crippen molar-refractivity contribution in [3.05, 3.63) is 0 Å². The van der Waals surface area contributed by atoms with E-state index in [0.717, 1.165) is 12.5 Å². The molecular weight excluding hydrogens is 184 g/mol. The molecule has 2 nitrogen and oxygen atoms in total. The van der Waals surface area contributed by atoms with Gasteiger partial charge >= 0.3 is 0 Å². The molecule has 0 aliphatic heterocycles. The van der Waals surface area contributed by atoms with Crippen LogP contribution in [-0.2, 0) is 0 Å². The number of rotatable bonds is 10. The van der Waals surface area contributed by atoms with Gasteiger partial charge in [-0.2, -0.15) is 0 Å². The summed E-state index contributed by atoms with van der Waals surface area (Å²) in [4.78, 5) is 0. The molecule has 3 N–H and O–H groups in total. The summed E-state index contributed by atoms with van der Waals surface area (Å²) in [6.07, 6.45) is 7.74. The molecule has 2 atom stereocenters. The van der Waals surface area contributed by atoms with E-state index in [1.165, 1.54) is 45.1 Å². The first-order valence-electron chi connectivity index (χ1n) is 6.64. The van der Waals surface area contributed by atoms with Crippen molar-refractivity contribution in [3.63, 3.8) is 0 Å². The maximum absolute atomic E-state index is 5.52. The van der Waals surface area contributed by atoms with E-state index < -0.39 is 0 Å². The molecule has 0 rings (SSSR count). The molecule has 0 aromatic carbocycles. The number of unbranched alkanes of at least 4 members (excludes halogenated alkanes) is 1. The molecule has 0 aliphatic carbocycles. The van der Waals surface area contributed by atoms with Crippen LogP contribution in [-0.4, -0.2) is 19.1 Å². The fourth-order valence-corrected chi connectivity index (χ4v) is 1.84. The second-order valence-electron chi connectivity index (χ2n) is 4.82. The first kappa shape index (κ1) is 14.9. The van der Waals surface area contributed by atoms with E-state index in [4.69, 9.17) is 5.73 Å². The van der Waals surface area contributed by atoms with E-state index >= 15 is 0 Å². The molecule has 2 heteroatoms. The Morgan fingerprint density at radius 3 is 2.40 bits per heavy atom. The molecule has 92 valence electrons. The van der Waals surface area contributed by atoms with E-state index in [2.05, 4.69) is 26.1 Å². The Morgan fingerprint density at radius 1 is 1.07 bits per heavy atom. The highest BCUT2D eigenvalue weighted by Crippen LogP contribution is 2.08. The van der Waals surface area contributed by atoms with Gasteiger partial charge in [0, 0.05) is 6.04 Å². The van der Waals surface area contributed by atoms with Gasteiger partial charge in [-0.3, -0.25) is 0 Å². The third kappa shape index (κ3) is 10.2. The Hall–Kier alpha value is -0.0800. The van der Waals surface area contributed by atoms with E-state index in [9.17, 15) is 0 Å². The Bertz CT molecular complexity index is 126. The zero-order chi connectivity index (χ0) is 11.5. The van der Waals surface area contributed by atoms with Crippen molar-refractivity contribution in [2.24, 2.45) is 11.7 Å². The predicted molar refractivity (Wildman–Crippen MR) is 69.1 cm³/mol. The van der Waals surface area contributed by atoms with E-state index in [-0.39, 0.29) is 0 Å². The summed E-state index contributed by atoms with van der Waals surface area (Å²) in [5, 5.41) is 3.58. The second kappa shape index (κ2) is 10.4. The van der Waals surface area contributed by atoms with E-state index in [1.54, 1.807) is 0 Å². The van der Waals surface area contributed by atoms with Crippen LogP contribution < -0.4 is 11.1 Å². The molecule has 0 bridgehead atoms. The second-order valence-corrected chi connectivity index (χ2v) is 4.82. The highest BCUT2D eigenvalue weighted by molar-refractivity contribution is 4.61. The summed E-state index contributed by atoms with van der Waals surface area (Å²) in [5.41, 5.74) is 5.52. The minimum Gasteiger partial charge on any atom is -0.330 e. The van der Waals surface area contributed by atoms with Gasteiger partial charge in [-0.15, -0.1) is 0 Å². The molecule has 0 aromatic heterocycles. The molecule has 0 saturated carbocycles. The number of nitrogens with two attached hydrogens (primary N) is 1. The molecule has 0 amide bonds. The van der Waals surface area contributed by atoms with Crippen molar-refractivity contribution >= 4 is 0 Å². The standard InChI is InChI=1S/C13H30N2/c1-4-5-8-13(3)15-11-6-7-12(2)9-10-14/h12-13,15H,4-11,14H2,1-3H3. The highest BCUT2D eigenvalue weighted by atomic mass is 14.9. The molecule has 0 heterocycles. The molecule has 0 spiro atoms. The zero-order valence-electron chi connectivity index (χ0n) is 10.9. The lowest BCUT2D eigenvalue weighted by atomic mass is 10.0. The fourth-order valence-electron chi connectivity index (χ4n) is 1.84. The Labute approximate surface area is 96.0 Å². The Kier molecular flexibility index (Phi) is 10.4. The maximum atomic E-state index is 5.52. The minimum absolute atomic E-state index is 0.690. The van der Waals surface area contributed by atoms with Crippen molar-refractivity contribution in [2.45, 2.75) is 65.3 Å². The summed E-state index contributed by atoms with van der Waals surface area (Å²) >= 11 is 0. The molecular formula is C13H30N2. The largest absolute Gasteiger partial charge is 0.330 e. The van der Waals surface area contributed by atoms with Gasteiger partial charge in [0.1, 0.15) is 0 Å². The van der Waals surface area contributed by atoms with Gasteiger partial charge in [-0.25, -0.2) is 0 Å². The lowest BCUT2D eigenvalue weighted by Gasteiger charge is -2.14. The predicted octanol–water partition coefficient (Wildman–Crippen LogP) is 2.92. The van der Waals surface area contributed by atoms with Crippen LogP contribution in [0.3, 0.4) is 0 Å². The van der Waals surface area contributed by atoms with Gasteiger partial charge in [0.2, 0.25) is 0 Å². The highest BCUT2D eigenvalue weighted by Gasteiger charge is 2.02. The molecule has 2 unspecified atom stereocenters. The number of hydrogen-bond donors (Lipinski definition) is 2. The first-order valence-corrected chi connectivity index (χ1v) is 6.64. The van der Waals surface area contributed by atoms with Gasteiger partial charge < -0.3 is 11.1 Å². The zero-order valence-corrected chi connectivity index (χ0v) is 10.9. The van der Waals surface area contributed by atoms with Crippen molar-refractivity contribution < 1.29 is 0 Å². The Morgan fingerprint density at radius 2 is 1.80 bits per heavy atom. The summed E-state index contributed by atoms with van der Waals surface area (Å²) in [6, 6.07) is 0.690. The molecule has 0 radical (unpaired) electrons. The summed E-state index contributed by atoms with van der Waals surface area (Å²) in [5.74, 6) is 0.794. The molecule has 0 fully saturated rings. The fraction of sp³-hybridized carbons (Fsp3) is 1.00. The van der Waals surface area contributed by atoms with Crippen LogP contribution in [0, 0.1) is 5.92 Å². The van der Waals surface area contributed by atoms with Crippen molar-refractivity contribution in [3.8, 4) is 0 Å². The normalized spacial score (nSPS) is 15.2. The van der Waals surface area contributed by atoms with Gasteiger partial charge in [0.05, 0.1) is 0 Å². The quantitative estimate of drug-likeness (QED) is 0.549. The van der Waals surface area contributed by atoms with Crippen LogP contribution >= 0.6 is 0 Å². The van der Waals surface area contributed by atoms with Crippen LogP contribution in [0.25, 0.3) is 0 Å². The first-order chi connectivity index (χ1) is 7.20. The molecule has 0 aliphatic rings. The van der Waals surface area contributed by atoms with E-state index in [1.807, 2.05) is 0 Å². The lowest BCUT2D eigenvalue weighted by Crippen LogP contribution is -2.27. The topological polar surface area (TPSA) is 38.0 Å². The lowest BCUT2D eigenvalue weighted by molar-refractivity contribution is 0.439. The smallest absolute Gasteiger partial charge is 0.00387 e. The van der Waals surface area contributed by atoms with Gasteiger partial charge in [0.25, 0.3) is 0 Å². The van der Waals surface area contributed by atoms with Crippen LogP contribution in [0.5, 0.6) is 0 Å². The van der Waals surface area contributed by atoms with Crippen LogP contribution in [0.1, 0.15) is 59.3 Å². The minimum atomic E-state index is 0.690. The monoisotopic (exact) mass is 214 g/mol. The third-order valence-corrected chi connectivity index (χ3v) is 3.02. The van der Waals surface area contributed by atoms with Crippen molar-refractivity contribution in [1.82, 2.24) is 5.32 Å². The summed E-state index contributed by atoms with van der Waals surface area (Å²) in [6.45, 7) is 8.84. The summed E-state index contributed by atoms with van der Waals surface area (Å²) in [7, 11) is 0. The maximum Gasteiger partial charge on any atom is 0.00387 e. The average molecular weight is 214 g/mol. The van der Waals surface area contributed by atoms with Gasteiger partial charge in [0.15, 0.2) is 0 Å². The third-order valence-electron chi connectivity index (χ3n) is 3.02. The Balaban J connectivity index is 3.22. The van der Waals surface area contributed by atoms with Crippen LogP contribution in [0.15, 0.2) is 0 Å². The number of nitrogens with one attached hydrogen (secondary N) is 1. The van der Waals surface area contributed by atoms with Crippen LogP contribution in [0.2, 0.25) is 0 Å². The average Bonchev–Trinajstić information content (AvgIpc) is 2.22. The summed E-state index contributed by atoms with van der Waals surface area (Å²) < 4.78 is 0. The molecule has 0 aromatic rings. The van der Waals surface area contributed by atoms with Crippen LogP contribution in [0.4, 0.5) is 0 Å². The molecule has 0 saturated heterocycles. The number of hydrogen-bond acceptors (Lipinski definition) is 2. The van der Waals surface area contributed by atoms with Crippen molar-refractivity contribution in [1.29, 1.82) is 0 Å². The SMILES string of the molecule is CCCCC(C)NCCCC(C)CCN. The van der Waals surface area contributed by atoms with E-state index in [0.29, 0.717) is 6.04 Å².